The largest absolute Gasteiger partial charge is 0.496 e. The number of hydrogen-bond acceptors (Lipinski definition) is 4. The van der Waals surface area contributed by atoms with Gasteiger partial charge in [-0.1, -0.05) is 23.7 Å². The minimum absolute atomic E-state index is 0.137. The predicted octanol–water partition coefficient (Wildman–Crippen LogP) is 2.43. The van der Waals surface area contributed by atoms with Crippen molar-refractivity contribution in [1.82, 2.24) is 9.97 Å². The van der Waals surface area contributed by atoms with Crippen molar-refractivity contribution >= 4 is 17.6 Å². The number of methoxy groups -OCH3 is 1. The summed E-state index contributed by atoms with van der Waals surface area (Å²) < 4.78 is 5.22. The maximum atomic E-state index is 10.6. The number of ether oxygens (including phenoxy) is 1. The van der Waals surface area contributed by atoms with E-state index in [-0.39, 0.29) is 11.6 Å². The molecule has 0 amide bonds. The van der Waals surface area contributed by atoms with Crippen LogP contribution in [0.4, 0.5) is 0 Å². The Balaban J connectivity index is 2.41. The van der Waals surface area contributed by atoms with E-state index in [0.29, 0.717) is 22.7 Å². The summed E-state index contributed by atoms with van der Waals surface area (Å²) in [5.74, 6) is 0.0525. The molecule has 0 spiro atoms. The molecule has 19 heavy (non-hydrogen) atoms. The Hall–Kier alpha value is -2.14. The summed E-state index contributed by atoms with van der Waals surface area (Å²) in [6.07, 6.45) is 1.22. The van der Waals surface area contributed by atoms with Crippen LogP contribution >= 0.6 is 11.6 Å². The molecule has 1 heterocycles. The van der Waals surface area contributed by atoms with E-state index in [1.54, 1.807) is 19.2 Å². The van der Waals surface area contributed by atoms with Crippen LogP contribution in [0.15, 0.2) is 30.5 Å². The molecule has 0 saturated heterocycles. The van der Waals surface area contributed by atoms with Crippen molar-refractivity contribution < 1.29 is 14.6 Å². The van der Waals surface area contributed by atoms with Gasteiger partial charge in [-0.25, -0.2) is 9.97 Å². The number of aliphatic carboxylic acids is 1. The van der Waals surface area contributed by atoms with Crippen LogP contribution in [-0.2, 0) is 11.2 Å². The van der Waals surface area contributed by atoms with Crippen LogP contribution < -0.4 is 4.74 Å². The number of benzene rings is 1. The Morgan fingerprint density at radius 3 is 2.79 bits per heavy atom. The summed E-state index contributed by atoms with van der Waals surface area (Å²) in [4.78, 5) is 18.9. The van der Waals surface area contributed by atoms with Gasteiger partial charge in [0.25, 0.3) is 0 Å². The van der Waals surface area contributed by atoms with Crippen molar-refractivity contribution in [3.8, 4) is 17.1 Å². The lowest BCUT2D eigenvalue weighted by Crippen LogP contribution is -2.03. The molecule has 0 radical (unpaired) electrons. The molecular formula is C13H11ClN2O3. The van der Waals surface area contributed by atoms with Crippen molar-refractivity contribution in [3.05, 3.63) is 41.2 Å². The fourth-order valence-electron chi connectivity index (χ4n) is 1.63. The number of halogens is 1. The molecular weight excluding hydrogens is 268 g/mol. The second kappa shape index (κ2) is 5.67. The maximum Gasteiger partial charge on any atom is 0.307 e. The third kappa shape index (κ3) is 3.00. The van der Waals surface area contributed by atoms with Crippen LogP contribution in [0, 0.1) is 0 Å². The first-order valence-corrected chi connectivity index (χ1v) is 5.86. The van der Waals surface area contributed by atoms with Gasteiger partial charge in [0.2, 0.25) is 0 Å². The summed E-state index contributed by atoms with van der Waals surface area (Å²) in [5, 5.41) is 8.86. The number of nitrogens with zero attached hydrogens (tertiary/aromatic N) is 2. The molecule has 0 atom stereocenters. The molecule has 2 rings (SSSR count). The molecule has 1 N–H and O–H groups in total. The monoisotopic (exact) mass is 278 g/mol. The van der Waals surface area contributed by atoms with Crippen molar-refractivity contribution in [2.45, 2.75) is 6.42 Å². The lowest BCUT2D eigenvalue weighted by molar-refractivity contribution is -0.136. The second-order valence-corrected chi connectivity index (χ2v) is 4.14. The molecule has 0 aliphatic heterocycles. The average molecular weight is 279 g/mol. The summed E-state index contributed by atoms with van der Waals surface area (Å²) in [7, 11) is 1.55. The van der Waals surface area contributed by atoms with Crippen LogP contribution in [0.3, 0.4) is 0 Å². The minimum Gasteiger partial charge on any atom is -0.496 e. The third-order valence-electron chi connectivity index (χ3n) is 2.50. The average Bonchev–Trinajstić information content (AvgIpc) is 2.40. The number of carbonyl (C=O) groups is 1. The van der Waals surface area contributed by atoms with Crippen LogP contribution in [0.1, 0.15) is 5.56 Å². The zero-order valence-electron chi connectivity index (χ0n) is 10.1. The molecule has 0 saturated carbocycles. The van der Waals surface area contributed by atoms with Crippen LogP contribution in [0.5, 0.6) is 5.75 Å². The highest BCUT2D eigenvalue weighted by molar-refractivity contribution is 6.30. The normalized spacial score (nSPS) is 10.2. The molecule has 5 nitrogen and oxygen atoms in total. The van der Waals surface area contributed by atoms with E-state index in [9.17, 15) is 4.79 Å². The SMILES string of the molecule is COc1ccccc1-c1ncc(CC(=O)O)c(Cl)n1. The van der Waals surface area contributed by atoms with Gasteiger partial charge in [0.1, 0.15) is 10.9 Å². The van der Waals surface area contributed by atoms with Crippen molar-refractivity contribution in [2.24, 2.45) is 0 Å². The van der Waals surface area contributed by atoms with Gasteiger partial charge in [-0.15, -0.1) is 0 Å². The Kier molecular flexibility index (Phi) is 3.97. The van der Waals surface area contributed by atoms with Gasteiger partial charge in [-0.3, -0.25) is 4.79 Å². The van der Waals surface area contributed by atoms with Crippen molar-refractivity contribution in [3.63, 3.8) is 0 Å². The van der Waals surface area contributed by atoms with Crippen LogP contribution in [-0.4, -0.2) is 28.2 Å². The molecule has 1 aromatic carbocycles. The first kappa shape index (κ1) is 13.3. The van der Waals surface area contributed by atoms with Gasteiger partial charge in [-0.05, 0) is 12.1 Å². The minimum atomic E-state index is -0.976. The third-order valence-corrected chi connectivity index (χ3v) is 2.83. The predicted molar refractivity (Wildman–Crippen MR) is 70.4 cm³/mol. The molecule has 98 valence electrons. The van der Waals surface area contributed by atoms with E-state index in [0.717, 1.165) is 0 Å². The Bertz CT molecular complexity index is 617. The zero-order valence-corrected chi connectivity index (χ0v) is 10.9. The highest BCUT2D eigenvalue weighted by Crippen LogP contribution is 2.28. The first-order valence-electron chi connectivity index (χ1n) is 5.48. The summed E-state index contributed by atoms with van der Waals surface area (Å²) in [6, 6.07) is 7.27. The van der Waals surface area contributed by atoms with Crippen molar-refractivity contribution in [2.75, 3.05) is 7.11 Å². The standard InChI is InChI=1S/C13H11ClN2O3/c1-19-10-5-3-2-4-9(10)13-15-7-8(6-11(17)18)12(14)16-13/h2-5,7H,6H2,1H3,(H,17,18). The fourth-order valence-corrected chi connectivity index (χ4v) is 1.82. The Morgan fingerprint density at radius 1 is 1.42 bits per heavy atom. The Morgan fingerprint density at radius 2 is 2.16 bits per heavy atom. The van der Waals surface area contributed by atoms with E-state index in [4.69, 9.17) is 21.4 Å². The zero-order chi connectivity index (χ0) is 13.8. The van der Waals surface area contributed by atoms with Gasteiger partial charge < -0.3 is 9.84 Å². The second-order valence-electron chi connectivity index (χ2n) is 3.78. The number of hydrogen-bond donors (Lipinski definition) is 1. The molecule has 0 unspecified atom stereocenters. The number of carboxylic acids is 1. The number of aromatic nitrogens is 2. The van der Waals surface area contributed by atoms with Gasteiger partial charge in [0.05, 0.1) is 19.1 Å². The van der Waals surface area contributed by atoms with Gasteiger partial charge >= 0.3 is 5.97 Å². The van der Waals surface area contributed by atoms with Gasteiger partial charge in [0.15, 0.2) is 5.82 Å². The number of rotatable bonds is 4. The van der Waals surface area contributed by atoms with Crippen LogP contribution in [0.2, 0.25) is 5.15 Å². The van der Waals surface area contributed by atoms with Gasteiger partial charge in [-0.2, -0.15) is 0 Å². The molecule has 0 aliphatic carbocycles. The summed E-state index contributed by atoms with van der Waals surface area (Å²) in [5.41, 5.74) is 1.08. The van der Waals surface area contributed by atoms with Gasteiger partial charge in [0, 0.05) is 11.8 Å². The van der Waals surface area contributed by atoms with E-state index in [1.165, 1.54) is 6.20 Å². The van der Waals surface area contributed by atoms with E-state index >= 15 is 0 Å². The van der Waals surface area contributed by atoms with Crippen LogP contribution in [0.25, 0.3) is 11.4 Å². The lowest BCUT2D eigenvalue weighted by Gasteiger charge is -2.08. The molecule has 0 fully saturated rings. The van der Waals surface area contributed by atoms with E-state index < -0.39 is 5.97 Å². The first-order chi connectivity index (χ1) is 9.11. The molecule has 0 bridgehead atoms. The smallest absolute Gasteiger partial charge is 0.307 e. The molecule has 2 aromatic rings. The maximum absolute atomic E-state index is 10.6. The van der Waals surface area contributed by atoms with Crippen molar-refractivity contribution in [1.29, 1.82) is 0 Å². The molecule has 6 heteroatoms. The lowest BCUT2D eigenvalue weighted by atomic mass is 10.2. The number of para-hydroxylation sites is 1. The molecule has 1 aromatic heterocycles. The van der Waals surface area contributed by atoms with E-state index in [2.05, 4.69) is 9.97 Å². The highest BCUT2D eigenvalue weighted by atomic mass is 35.5. The Labute approximate surface area is 114 Å². The summed E-state index contributed by atoms with van der Waals surface area (Å²) >= 11 is 5.96. The topological polar surface area (TPSA) is 72.3 Å². The number of carboxylic acid groups (broad SMARTS) is 1. The molecule has 0 aliphatic rings. The highest BCUT2D eigenvalue weighted by Gasteiger charge is 2.12. The van der Waals surface area contributed by atoms with E-state index in [1.807, 2.05) is 12.1 Å². The quantitative estimate of drug-likeness (QED) is 0.870. The fraction of sp³-hybridized carbons (Fsp3) is 0.154. The summed E-state index contributed by atoms with van der Waals surface area (Å²) in [6.45, 7) is 0.